The van der Waals surface area contributed by atoms with Gasteiger partial charge in [-0.05, 0) is 12.3 Å². The molecular weight excluding hydrogens is 242 g/mol. The van der Waals surface area contributed by atoms with Gasteiger partial charge in [-0.3, -0.25) is 0 Å². The van der Waals surface area contributed by atoms with Crippen molar-refractivity contribution in [3.8, 4) is 11.5 Å². The lowest BCUT2D eigenvalue weighted by Crippen LogP contribution is -2.21. The van der Waals surface area contributed by atoms with Gasteiger partial charge in [-0.15, -0.1) is 0 Å². The summed E-state index contributed by atoms with van der Waals surface area (Å²) in [6, 6.07) is 1.79. The van der Waals surface area contributed by atoms with E-state index in [-0.39, 0.29) is 0 Å². The number of aromatic nitrogens is 4. The first-order chi connectivity index (χ1) is 9.31. The van der Waals surface area contributed by atoms with E-state index >= 15 is 0 Å². The highest BCUT2D eigenvalue weighted by atomic mass is 16.5. The molecule has 1 unspecified atom stereocenters. The molecule has 0 spiro atoms. The molecular formula is C13H13N5O. The monoisotopic (exact) mass is 255 g/mol. The molecule has 0 saturated carbocycles. The highest BCUT2D eigenvalue weighted by molar-refractivity contribution is 5.85. The summed E-state index contributed by atoms with van der Waals surface area (Å²) in [6.45, 7) is 3.19. The Hall–Kier alpha value is -2.37. The SMILES string of the molecule is CC1CNc2ncc3[nH]c(-c4ccon4)nc3c2C1. The minimum atomic E-state index is 0.590. The summed E-state index contributed by atoms with van der Waals surface area (Å²) in [5.74, 6) is 2.26. The standard InChI is InChI=1S/C13H13N5O/c1-7-4-8-11-10(6-15-12(8)14-5-7)16-13(17-11)9-2-3-19-18-9/h2-3,6-7H,4-5H2,1H3,(H,14,15)(H,16,17). The first-order valence-corrected chi connectivity index (χ1v) is 6.33. The van der Waals surface area contributed by atoms with Crippen molar-refractivity contribution in [2.75, 3.05) is 11.9 Å². The Morgan fingerprint density at radius 1 is 1.42 bits per heavy atom. The minimum absolute atomic E-state index is 0.590. The van der Waals surface area contributed by atoms with Crippen molar-refractivity contribution >= 4 is 16.9 Å². The van der Waals surface area contributed by atoms with Gasteiger partial charge in [-0.2, -0.15) is 0 Å². The number of hydrogen-bond donors (Lipinski definition) is 2. The van der Waals surface area contributed by atoms with Crippen molar-refractivity contribution in [3.63, 3.8) is 0 Å². The number of nitrogens with one attached hydrogen (secondary N) is 2. The van der Waals surface area contributed by atoms with Gasteiger partial charge in [0.25, 0.3) is 0 Å². The number of pyridine rings is 1. The third-order valence-electron chi connectivity index (χ3n) is 3.48. The maximum atomic E-state index is 4.86. The number of imidazole rings is 1. The van der Waals surface area contributed by atoms with Gasteiger partial charge in [0.1, 0.15) is 17.8 Å². The summed E-state index contributed by atoms with van der Waals surface area (Å²) >= 11 is 0. The number of aromatic amines is 1. The maximum Gasteiger partial charge on any atom is 0.160 e. The molecule has 96 valence electrons. The van der Waals surface area contributed by atoms with Gasteiger partial charge < -0.3 is 14.8 Å². The molecule has 3 aromatic rings. The summed E-state index contributed by atoms with van der Waals surface area (Å²) in [5, 5.41) is 7.25. The van der Waals surface area contributed by atoms with Crippen molar-refractivity contribution in [2.24, 2.45) is 5.92 Å². The Kier molecular flexibility index (Phi) is 2.11. The largest absolute Gasteiger partial charge is 0.370 e. The van der Waals surface area contributed by atoms with Crippen molar-refractivity contribution in [2.45, 2.75) is 13.3 Å². The van der Waals surface area contributed by atoms with Crippen LogP contribution in [0.25, 0.3) is 22.6 Å². The molecule has 4 rings (SSSR count). The smallest absolute Gasteiger partial charge is 0.160 e. The summed E-state index contributed by atoms with van der Waals surface area (Å²) in [4.78, 5) is 12.3. The fourth-order valence-corrected chi connectivity index (χ4v) is 2.52. The van der Waals surface area contributed by atoms with Crippen LogP contribution in [0, 0.1) is 5.92 Å². The third kappa shape index (κ3) is 1.60. The summed E-state index contributed by atoms with van der Waals surface area (Å²) < 4.78 is 4.86. The number of rotatable bonds is 1. The third-order valence-corrected chi connectivity index (χ3v) is 3.48. The molecule has 19 heavy (non-hydrogen) atoms. The lowest BCUT2D eigenvalue weighted by Gasteiger charge is -2.22. The lowest BCUT2D eigenvalue weighted by molar-refractivity contribution is 0.422. The Balaban J connectivity index is 1.92. The van der Waals surface area contributed by atoms with Crippen LogP contribution in [0.15, 0.2) is 23.0 Å². The van der Waals surface area contributed by atoms with E-state index in [1.54, 1.807) is 12.3 Å². The average molecular weight is 255 g/mol. The highest BCUT2D eigenvalue weighted by Gasteiger charge is 2.20. The maximum absolute atomic E-state index is 4.86. The normalized spacial score (nSPS) is 18.3. The fourth-order valence-electron chi connectivity index (χ4n) is 2.52. The predicted molar refractivity (Wildman–Crippen MR) is 70.7 cm³/mol. The Morgan fingerprint density at radius 3 is 3.21 bits per heavy atom. The minimum Gasteiger partial charge on any atom is -0.370 e. The van der Waals surface area contributed by atoms with Crippen molar-refractivity contribution in [1.82, 2.24) is 20.1 Å². The molecule has 1 atom stereocenters. The number of H-pyrrole nitrogens is 1. The molecule has 6 nitrogen and oxygen atoms in total. The molecule has 3 aromatic heterocycles. The van der Waals surface area contributed by atoms with Crippen LogP contribution >= 0.6 is 0 Å². The van der Waals surface area contributed by atoms with Crippen LogP contribution in [-0.4, -0.2) is 26.7 Å². The zero-order valence-electron chi connectivity index (χ0n) is 10.5. The van der Waals surface area contributed by atoms with Gasteiger partial charge in [-0.1, -0.05) is 12.1 Å². The second-order valence-electron chi connectivity index (χ2n) is 5.01. The van der Waals surface area contributed by atoms with Gasteiger partial charge in [0.05, 0.1) is 17.2 Å². The molecule has 0 radical (unpaired) electrons. The molecule has 0 aromatic carbocycles. The van der Waals surface area contributed by atoms with Crippen molar-refractivity contribution in [1.29, 1.82) is 0 Å². The summed E-state index contributed by atoms with van der Waals surface area (Å²) in [6.07, 6.45) is 4.35. The van der Waals surface area contributed by atoms with E-state index in [0.29, 0.717) is 11.6 Å². The van der Waals surface area contributed by atoms with E-state index in [2.05, 4.69) is 32.3 Å². The van der Waals surface area contributed by atoms with Crippen LogP contribution in [0.5, 0.6) is 0 Å². The van der Waals surface area contributed by atoms with Crippen LogP contribution < -0.4 is 5.32 Å². The van der Waals surface area contributed by atoms with Gasteiger partial charge in [0.2, 0.25) is 0 Å². The Labute approximate surface area is 109 Å². The molecule has 4 heterocycles. The fraction of sp³-hybridized carbons (Fsp3) is 0.308. The zero-order valence-corrected chi connectivity index (χ0v) is 10.5. The van der Waals surface area contributed by atoms with E-state index in [9.17, 15) is 0 Å². The zero-order chi connectivity index (χ0) is 12.8. The quantitative estimate of drug-likeness (QED) is 0.697. The number of fused-ring (bicyclic) bond motifs is 3. The van der Waals surface area contributed by atoms with Crippen molar-refractivity contribution in [3.05, 3.63) is 24.1 Å². The molecule has 0 fully saturated rings. The molecule has 0 aliphatic carbocycles. The van der Waals surface area contributed by atoms with E-state index in [4.69, 9.17) is 4.52 Å². The predicted octanol–water partition coefficient (Wildman–Crippen LogP) is 2.22. The second-order valence-corrected chi connectivity index (χ2v) is 5.01. The van der Waals surface area contributed by atoms with E-state index < -0.39 is 0 Å². The van der Waals surface area contributed by atoms with Gasteiger partial charge in [0.15, 0.2) is 5.82 Å². The van der Waals surface area contributed by atoms with Crippen LogP contribution in [-0.2, 0) is 6.42 Å². The van der Waals surface area contributed by atoms with Gasteiger partial charge in [-0.25, -0.2) is 9.97 Å². The molecule has 0 saturated heterocycles. The first-order valence-electron chi connectivity index (χ1n) is 6.33. The van der Waals surface area contributed by atoms with E-state index in [0.717, 1.165) is 35.6 Å². The lowest BCUT2D eigenvalue weighted by atomic mass is 9.97. The second kappa shape index (κ2) is 3.81. The molecule has 0 bridgehead atoms. The molecule has 1 aliphatic heterocycles. The first kappa shape index (κ1) is 10.5. The summed E-state index contributed by atoms with van der Waals surface area (Å²) in [5.41, 5.74) is 3.80. The van der Waals surface area contributed by atoms with Crippen LogP contribution in [0.3, 0.4) is 0 Å². The molecule has 2 N–H and O–H groups in total. The van der Waals surface area contributed by atoms with Gasteiger partial charge in [0, 0.05) is 18.2 Å². The Bertz CT molecular complexity index is 731. The van der Waals surface area contributed by atoms with Crippen molar-refractivity contribution < 1.29 is 4.52 Å². The number of anilines is 1. The van der Waals surface area contributed by atoms with Crippen LogP contribution in [0.2, 0.25) is 0 Å². The topological polar surface area (TPSA) is 79.6 Å². The molecule has 0 amide bonds. The molecule has 6 heteroatoms. The highest BCUT2D eigenvalue weighted by Crippen LogP contribution is 2.30. The number of hydrogen-bond acceptors (Lipinski definition) is 5. The van der Waals surface area contributed by atoms with Crippen LogP contribution in [0.1, 0.15) is 12.5 Å². The average Bonchev–Trinajstić information content (AvgIpc) is 3.07. The van der Waals surface area contributed by atoms with Gasteiger partial charge >= 0.3 is 0 Å². The van der Waals surface area contributed by atoms with E-state index in [1.165, 1.54) is 5.56 Å². The Morgan fingerprint density at radius 2 is 2.37 bits per heavy atom. The molecule has 1 aliphatic rings. The van der Waals surface area contributed by atoms with E-state index in [1.807, 2.05) is 6.20 Å². The van der Waals surface area contributed by atoms with Crippen LogP contribution in [0.4, 0.5) is 5.82 Å². The number of nitrogens with zero attached hydrogens (tertiary/aromatic N) is 3. The summed E-state index contributed by atoms with van der Waals surface area (Å²) in [7, 11) is 0.